The van der Waals surface area contributed by atoms with E-state index in [4.69, 9.17) is 4.98 Å². The van der Waals surface area contributed by atoms with Crippen LogP contribution < -0.4 is 5.32 Å². The smallest absolute Gasteiger partial charge is 0.135 e. The van der Waals surface area contributed by atoms with Crippen LogP contribution in [0.1, 0.15) is 12.1 Å². The molecular weight excluding hydrogens is 380 g/mol. The van der Waals surface area contributed by atoms with Gasteiger partial charge in [-0.2, -0.15) is 5.10 Å². The number of pyridine rings is 2. The van der Waals surface area contributed by atoms with E-state index in [1.54, 1.807) is 11.3 Å². The summed E-state index contributed by atoms with van der Waals surface area (Å²) in [5.41, 5.74) is 8.06. The third-order valence-corrected chi connectivity index (χ3v) is 6.29. The molecule has 0 radical (unpaired) electrons. The SMILES string of the molecule is C1=C(c2ccc3[nH]nc(-c4cc5c(-c6cccs6)cncc5[nH]4)c3n2)CCNC1. The monoisotopic (exact) mass is 398 g/mol. The molecular formula is C22H18N6S. The van der Waals surface area contributed by atoms with Crippen LogP contribution in [0.5, 0.6) is 0 Å². The van der Waals surface area contributed by atoms with Crippen LogP contribution in [0.4, 0.5) is 0 Å². The molecule has 1 aliphatic heterocycles. The van der Waals surface area contributed by atoms with Gasteiger partial charge < -0.3 is 10.3 Å². The van der Waals surface area contributed by atoms with Crippen LogP contribution in [-0.4, -0.2) is 38.2 Å². The van der Waals surface area contributed by atoms with Crippen molar-refractivity contribution in [3.63, 3.8) is 0 Å². The highest BCUT2D eigenvalue weighted by Crippen LogP contribution is 2.35. The zero-order chi connectivity index (χ0) is 19.2. The topological polar surface area (TPSA) is 82.3 Å². The van der Waals surface area contributed by atoms with Gasteiger partial charge in [-0.15, -0.1) is 11.3 Å². The fourth-order valence-corrected chi connectivity index (χ4v) is 4.68. The molecule has 6 rings (SSSR count). The van der Waals surface area contributed by atoms with Gasteiger partial charge in [-0.05, 0) is 48.2 Å². The van der Waals surface area contributed by atoms with E-state index < -0.39 is 0 Å². The van der Waals surface area contributed by atoms with Gasteiger partial charge in [0.25, 0.3) is 0 Å². The van der Waals surface area contributed by atoms with Crippen LogP contribution in [-0.2, 0) is 0 Å². The van der Waals surface area contributed by atoms with Crippen molar-refractivity contribution in [2.75, 3.05) is 13.1 Å². The van der Waals surface area contributed by atoms with E-state index in [2.05, 4.69) is 67.3 Å². The van der Waals surface area contributed by atoms with Gasteiger partial charge in [-0.1, -0.05) is 12.1 Å². The Balaban J connectivity index is 1.50. The molecule has 0 atom stereocenters. The highest BCUT2D eigenvalue weighted by molar-refractivity contribution is 7.13. The molecule has 0 unspecified atom stereocenters. The van der Waals surface area contributed by atoms with Crippen molar-refractivity contribution >= 4 is 38.8 Å². The fraction of sp³-hybridized carbons (Fsp3) is 0.136. The number of aromatic nitrogens is 5. The van der Waals surface area contributed by atoms with Crippen LogP contribution in [0.3, 0.4) is 0 Å². The molecule has 29 heavy (non-hydrogen) atoms. The lowest BCUT2D eigenvalue weighted by Gasteiger charge is -2.13. The molecule has 0 saturated heterocycles. The molecule has 0 spiro atoms. The number of hydrogen-bond acceptors (Lipinski definition) is 5. The van der Waals surface area contributed by atoms with E-state index >= 15 is 0 Å². The number of thiophene rings is 1. The second-order valence-electron chi connectivity index (χ2n) is 7.16. The summed E-state index contributed by atoms with van der Waals surface area (Å²) in [4.78, 5) is 14.1. The lowest BCUT2D eigenvalue weighted by atomic mass is 10.0. The number of nitrogens with one attached hydrogen (secondary N) is 3. The quantitative estimate of drug-likeness (QED) is 0.415. The Labute approximate surface area is 170 Å². The minimum absolute atomic E-state index is 0.838. The lowest BCUT2D eigenvalue weighted by molar-refractivity contribution is 0.737. The summed E-state index contributed by atoms with van der Waals surface area (Å²) >= 11 is 1.72. The molecule has 1 aliphatic rings. The Morgan fingerprint density at radius 3 is 2.93 bits per heavy atom. The summed E-state index contributed by atoms with van der Waals surface area (Å²) in [5.74, 6) is 0. The van der Waals surface area contributed by atoms with Crippen molar-refractivity contribution in [3.05, 3.63) is 59.9 Å². The first-order valence-electron chi connectivity index (χ1n) is 9.63. The van der Waals surface area contributed by atoms with Gasteiger partial charge in [0.2, 0.25) is 0 Å². The van der Waals surface area contributed by atoms with E-state index in [9.17, 15) is 0 Å². The first-order valence-corrected chi connectivity index (χ1v) is 10.5. The van der Waals surface area contributed by atoms with Gasteiger partial charge in [-0.25, -0.2) is 4.98 Å². The van der Waals surface area contributed by atoms with Gasteiger partial charge >= 0.3 is 0 Å². The van der Waals surface area contributed by atoms with Crippen molar-refractivity contribution < 1.29 is 0 Å². The highest BCUT2D eigenvalue weighted by Gasteiger charge is 2.16. The van der Waals surface area contributed by atoms with Crippen molar-refractivity contribution in [2.24, 2.45) is 0 Å². The van der Waals surface area contributed by atoms with E-state index in [0.29, 0.717) is 0 Å². The molecule has 5 aromatic heterocycles. The number of fused-ring (bicyclic) bond motifs is 2. The van der Waals surface area contributed by atoms with Gasteiger partial charge in [0.05, 0.1) is 28.6 Å². The number of aromatic amines is 2. The van der Waals surface area contributed by atoms with Gasteiger partial charge in [0.15, 0.2) is 0 Å². The Kier molecular flexibility index (Phi) is 3.82. The Morgan fingerprint density at radius 1 is 1.07 bits per heavy atom. The third-order valence-electron chi connectivity index (χ3n) is 5.39. The van der Waals surface area contributed by atoms with Gasteiger partial charge in [0, 0.05) is 28.6 Å². The molecule has 5 aromatic rings. The maximum Gasteiger partial charge on any atom is 0.135 e. The first-order chi connectivity index (χ1) is 14.4. The average Bonchev–Trinajstić information content (AvgIpc) is 3.52. The number of H-pyrrole nitrogens is 2. The summed E-state index contributed by atoms with van der Waals surface area (Å²) in [6, 6.07) is 10.5. The number of rotatable bonds is 3. The molecule has 0 aliphatic carbocycles. The van der Waals surface area contributed by atoms with E-state index in [1.807, 2.05) is 12.4 Å². The summed E-state index contributed by atoms with van der Waals surface area (Å²) in [7, 11) is 0. The van der Waals surface area contributed by atoms with Crippen LogP contribution in [0.2, 0.25) is 0 Å². The van der Waals surface area contributed by atoms with Crippen molar-refractivity contribution in [1.82, 2.24) is 30.5 Å². The number of hydrogen-bond donors (Lipinski definition) is 3. The summed E-state index contributed by atoms with van der Waals surface area (Å²) in [6.45, 7) is 1.89. The largest absolute Gasteiger partial charge is 0.352 e. The second-order valence-corrected chi connectivity index (χ2v) is 8.10. The molecule has 0 amide bonds. The Hall–Kier alpha value is -3.29. The van der Waals surface area contributed by atoms with E-state index in [0.717, 1.165) is 64.1 Å². The lowest BCUT2D eigenvalue weighted by Crippen LogP contribution is -2.20. The van der Waals surface area contributed by atoms with Crippen molar-refractivity contribution in [3.8, 4) is 21.8 Å². The highest BCUT2D eigenvalue weighted by atomic mass is 32.1. The summed E-state index contributed by atoms with van der Waals surface area (Å²) in [6.07, 6.45) is 7.01. The molecule has 142 valence electrons. The minimum Gasteiger partial charge on any atom is -0.352 e. The molecule has 6 heterocycles. The molecule has 0 aromatic carbocycles. The standard InChI is InChI=1S/C22H18N6S/c1-2-20(29-9-1)15-11-24-12-19-14(15)10-18(25-19)22-21-17(27-28-22)4-3-16(26-21)13-5-7-23-8-6-13/h1-5,9-12,23,25H,6-8H2,(H,27,28). The molecule has 0 saturated carbocycles. The normalized spacial score (nSPS) is 14.6. The summed E-state index contributed by atoms with van der Waals surface area (Å²) in [5, 5.41) is 14.3. The first kappa shape index (κ1) is 16.6. The van der Waals surface area contributed by atoms with Gasteiger partial charge in [0.1, 0.15) is 11.2 Å². The molecule has 0 fully saturated rings. The Morgan fingerprint density at radius 2 is 2.07 bits per heavy atom. The van der Waals surface area contributed by atoms with E-state index in [1.165, 1.54) is 10.5 Å². The van der Waals surface area contributed by atoms with Crippen LogP contribution in [0.15, 0.2) is 54.2 Å². The molecule has 3 N–H and O–H groups in total. The molecule has 6 nitrogen and oxygen atoms in total. The van der Waals surface area contributed by atoms with Crippen LogP contribution in [0.25, 0.3) is 49.3 Å². The van der Waals surface area contributed by atoms with Crippen molar-refractivity contribution in [2.45, 2.75) is 6.42 Å². The third kappa shape index (κ3) is 2.78. The fourth-order valence-electron chi connectivity index (χ4n) is 3.93. The number of nitrogens with zero attached hydrogens (tertiary/aromatic N) is 3. The zero-order valence-corrected chi connectivity index (χ0v) is 16.4. The predicted octanol–water partition coefficient (Wildman–Crippen LogP) is 4.61. The second kappa shape index (κ2) is 6.65. The Bertz CT molecular complexity index is 1360. The maximum absolute atomic E-state index is 4.95. The minimum atomic E-state index is 0.838. The van der Waals surface area contributed by atoms with E-state index in [-0.39, 0.29) is 0 Å². The average molecular weight is 398 g/mol. The van der Waals surface area contributed by atoms with Crippen molar-refractivity contribution in [1.29, 1.82) is 0 Å². The van der Waals surface area contributed by atoms with Gasteiger partial charge in [-0.3, -0.25) is 10.1 Å². The molecule has 0 bridgehead atoms. The molecule has 7 heteroatoms. The predicted molar refractivity (Wildman–Crippen MR) is 118 cm³/mol. The maximum atomic E-state index is 4.95. The van der Waals surface area contributed by atoms with Crippen LogP contribution in [0, 0.1) is 0 Å². The zero-order valence-electron chi connectivity index (χ0n) is 15.6. The van der Waals surface area contributed by atoms with Crippen LogP contribution >= 0.6 is 11.3 Å². The summed E-state index contributed by atoms with van der Waals surface area (Å²) < 4.78 is 0.